The number of carboxylic acid groups (broad SMARTS) is 1. The van der Waals surface area contributed by atoms with E-state index in [1.54, 1.807) is 49.4 Å². The second-order valence-corrected chi connectivity index (χ2v) is 12.5. The maximum Gasteiger partial charge on any atom is 0.303 e. The molecule has 1 saturated carbocycles. The van der Waals surface area contributed by atoms with E-state index in [0.717, 1.165) is 5.57 Å². The summed E-state index contributed by atoms with van der Waals surface area (Å²) in [4.78, 5) is 69.4. The number of benzene rings is 2. The molecule has 230 valence electrons. The van der Waals surface area contributed by atoms with Crippen molar-refractivity contribution in [2.75, 3.05) is 18.6 Å². The second kappa shape index (κ2) is 11.2. The number of hydrogen-bond acceptors (Lipinski definition) is 7. The van der Waals surface area contributed by atoms with Gasteiger partial charge in [0.2, 0.25) is 23.6 Å². The Balaban J connectivity index is 1.40. The molecule has 3 fully saturated rings. The van der Waals surface area contributed by atoms with Crippen LogP contribution in [-0.2, 0) is 24.0 Å². The Hall–Kier alpha value is -4.47. The molecule has 10 nitrogen and oxygen atoms in total. The number of carboxylic acids is 1. The van der Waals surface area contributed by atoms with Crippen molar-refractivity contribution in [1.29, 1.82) is 0 Å². The number of phenols is 1. The van der Waals surface area contributed by atoms with E-state index in [1.807, 2.05) is 6.08 Å². The zero-order chi connectivity index (χ0) is 31.3. The molecule has 0 radical (unpaired) electrons. The molecule has 6 atom stereocenters. The number of allylic oxidation sites excluding steroid dienone is 2. The lowest BCUT2D eigenvalue weighted by Gasteiger charge is -2.49. The molecular formula is C34H36N2O8. The summed E-state index contributed by atoms with van der Waals surface area (Å²) in [5, 5.41) is 20.1. The number of fused-ring (bicyclic) bond motifs is 4. The molecule has 0 spiro atoms. The highest BCUT2D eigenvalue weighted by Gasteiger charge is 2.67. The predicted octanol–water partition coefficient (Wildman–Crippen LogP) is 4.28. The number of carbonyl (C=O) groups excluding carboxylic acids is 4. The number of likely N-dealkylation sites (tertiary alicyclic amines) is 1. The summed E-state index contributed by atoms with van der Waals surface area (Å²) in [5.41, 5.74) is 0.424. The van der Waals surface area contributed by atoms with E-state index in [9.17, 15) is 29.1 Å². The molecule has 0 bridgehead atoms. The van der Waals surface area contributed by atoms with Gasteiger partial charge in [-0.1, -0.05) is 36.3 Å². The Morgan fingerprint density at radius 2 is 1.73 bits per heavy atom. The lowest BCUT2D eigenvalue weighted by Crippen LogP contribution is -2.48. The summed E-state index contributed by atoms with van der Waals surface area (Å²) >= 11 is 0. The van der Waals surface area contributed by atoms with Gasteiger partial charge in [0, 0.05) is 24.4 Å². The summed E-state index contributed by atoms with van der Waals surface area (Å²) in [5.74, 6) is -4.98. The van der Waals surface area contributed by atoms with E-state index >= 15 is 0 Å². The minimum atomic E-state index is -1.26. The number of unbranched alkanes of at least 4 members (excludes halogenated alkanes) is 2. The summed E-state index contributed by atoms with van der Waals surface area (Å²) < 4.78 is 5.47. The first kappa shape index (κ1) is 29.6. The van der Waals surface area contributed by atoms with E-state index in [1.165, 1.54) is 23.0 Å². The van der Waals surface area contributed by atoms with Crippen molar-refractivity contribution < 1.29 is 38.9 Å². The highest BCUT2D eigenvalue weighted by molar-refractivity contribution is 6.24. The fourth-order valence-electron chi connectivity index (χ4n) is 8.08. The van der Waals surface area contributed by atoms with Crippen LogP contribution in [0.4, 0.5) is 5.69 Å². The zero-order valence-corrected chi connectivity index (χ0v) is 24.8. The van der Waals surface area contributed by atoms with Gasteiger partial charge in [-0.3, -0.25) is 28.9 Å². The standard InChI is InChI=1S/C34H36N2O8/c1-34-25(31(41)36(33(34)43)19-9-5-3-6-10-19)18-23-21(29(34)24-17-20(44-2)12-15-26(24)37)13-14-22-28(23)32(42)35(30(22)40)16-8-4-7-11-27(38)39/h3,5-6,9-10,12-13,15,17,22-23,25,28-29,37H,4,7-8,11,14,16,18H2,1-2H3,(H,38,39)/t22-,23+,25-,28-,29+,34+/m0/s1. The van der Waals surface area contributed by atoms with Gasteiger partial charge in [0.25, 0.3) is 0 Å². The first-order valence-electron chi connectivity index (χ1n) is 15.2. The fourth-order valence-corrected chi connectivity index (χ4v) is 8.08. The van der Waals surface area contributed by atoms with E-state index < -0.39 is 41.0 Å². The Morgan fingerprint density at radius 3 is 2.43 bits per heavy atom. The molecule has 2 saturated heterocycles. The number of methoxy groups -OCH3 is 1. The number of aromatic hydroxyl groups is 1. The number of rotatable bonds is 9. The van der Waals surface area contributed by atoms with Crippen LogP contribution in [0.25, 0.3) is 0 Å². The number of nitrogens with zero attached hydrogens (tertiary/aromatic N) is 2. The fraction of sp³-hybridized carbons (Fsp3) is 0.441. The Morgan fingerprint density at radius 1 is 0.977 bits per heavy atom. The van der Waals surface area contributed by atoms with E-state index in [4.69, 9.17) is 9.84 Å². The van der Waals surface area contributed by atoms with Gasteiger partial charge in [-0.2, -0.15) is 0 Å². The average Bonchev–Trinajstić information content (AvgIpc) is 3.37. The monoisotopic (exact) mass is 600 g/mol. The summed E-state index contributed by atoms with van der Waals surface area (Å²) in [7, 11) is 1.51. The van der Waals surface area contributed by atoms with Gasteiger partial charge < -0.3 is 14.9 Å². The Labute approximate surface area is 255 Å². The summed E-state index contributed by atoms with van der Waals surface area (Å²) in [6.45, 7) is 1.99. The minimum absolute atomic E-state index is 0.0356. The Kier molecular flexibility index (Phi) is 7.55. The van der Waals surface area contributed by atoms with Crippen molar-refractivity contribution >= 4 is 35.3 Å². The third kappa shape index (κ3) is 4.50. The number of amides is 4. The molecule has 2 aliphatic heterocycles. The quantitative estimate of drug-likeness (QED) is 0.247. The first-order valence-corrected chi connectivity index (χ1v) is 15.2. The molecular weight excluding hydrogens is 564 g/mol. The van der Waals surface area contributed by atoms with E-state index in [-0.39, 0.29) is 48.8 Å². The normalized spacial score (nSPS) is 29.3. The van der Waals surface area contributed by atoms with Gasteiger partial charge in [0.15, 0.2) is 0 Å². The lowest BCUT2D eigenvalue weighted by atomic mass is 9.51. The zero-order valence-electron chi connectivity index (χ0n) is 24.8. The van der Waals surface area contributed by atoms with Crippen molar-refractivity contribution in [3.05, 3.63) is 65.7 Å². The maximum atomic E-state index is 14.4. The first-order chi connectivity index (χ1) is 21.1. The van der Waals surface area contributed by atoms with Gasteiger partial charge in [0.05, 0.1) is 36.0 Å². The summed E-state index contributed by atoms with van der Waals surface area (Å²) in [6.07, 6.45) is 4.07. The van der Waals surface area contributed by atoms with Crippen LogP contribution in [0.5, 0.6) is 11.5 Å². The number of para-hydroxylation sites is 1. The van der Waals surface area contributed by atoms with Crippen LogP contribution in [0.1, 0.15) is 56.9 Å². The van der Waals surface area contributed by atoms with Crippen molar-refractivity contribution in [2.45, 2.75) is 51.4 Å². The van der Waals surface area contributed by atoms with Gasteiger partial charge in [-0.15, -0.1) is 0 Å². The molecule has 2 aromatic rings. The number of phenolic OH excluding ortho intramolecular Hbond substituents is 1. The molecule has 4 amide bonds. The number of carbonyl (C=O) groups is 5. The molecule has 2 aromatic carbocycles. The average molecular weight is 601 g/mol. The largest absolute Gasteiger partial charge is 0.508 e. The Bertz CT molecular complexity index is 1570. The molecule has 2 aliphatic carbocycles. The third-order valence-electron chi connectivity index (χ3n) is 10.2. The summed E-state index contributed by atoms with van der Waals surface area (Å²) in [6, 6.07) is 13.6. The number of ether oxygens (including phenoxy) is 1. The predicted molar refractivity (Wildman–Crippen MR) is 159 cm³/mol. The topological polar surface area (TPSA) is 142 Å². The van der Waals surface area contributed by atoms with Crippen LogP contribution in [0.3, 0.4) is 0 Å². The second-order valence-electron chi connectivity index (χ2n) is 12.5. The molecule has 44 heavy (non-hydrogen) atoms. The molecule has 4 aliphatic rings. The van der Waals surface area contributed by atoms with E-state index in [2.05, 4.69) is 0 Å². The molecule has 0 aromatic heterocycles. The van der Waals surface area contributed by atoms with Crippen molar-refractivity contribution in [1.82, 2.24) is 4.90 Å². The van der Waals surface area contributed by atoms with E-state index in [0.29, 0.717) is 42.7 Å². The third-order valence-corrected chi connectivity index (χ3v) is 10.2. The van der Waals surface area contributed by atoms with Crippen molar-refractivity contribution in [3.8, 4) is 11.5 Å². The van der Waals surface area contributed by atoms with Crippen LogP contribution in [0, 0.1) is 29.1 Å². The minimum Gasteiger partial charge on any atom is -0.508 e. The van der Waals surface area contributed by atoms with Crippen LogP contribution in [0.2, 0.25) is 0 Å². The van der Waals surface area contributed by atoms with Crippen molar-refractivity contribution in [2.24, 2.45) is 29.1 Å². The SMILES string of the molecule is COc1ccc(O)c([C@H]2C3=CC[C@@H]4C(=O)N(CCCCCC(=O)O)C(=O)[C@@H]4[C@@H]3C[C@H]3C(=O)N(c4ccccc4)C(=O)[C@@]23C)c1. The van der Waals surface area contributed by atoms with Crippen LogP contribution in [0.15, 0.2) is 60.2 Å². The van der Waals surface area contributed by atoms with Crippen LogP contribution < -0.4 is 9.64 Å². The van der Waals surface area contributed by atoms with Gasteiger partial charge in [-0.25, -0.2) is 4.90 Å². The van der Waals surface area contributed by atoms with Gasteiger partial charge in [0.1, 0.15) is 11.5 Å². The maximum absolute atomic E-state index is 14.4. The van der Waals surface area contributed by atoms with Crippen molar-refractivity contribution in [3.63, 3.8) is 0 Å². The highest BCUT2D eigenvalue weighted by Crippen LogP contribution is 2.64. The molecule has 2 N–H and O–H groups in total. The number of aliphatic carboxylic acids is 1. The van der Waals surface area contributed by atoms with Gasteiger partial charge >= 0.3 is 5.97 Å². The van der Waals surface area contributed by atoms with Gasteiger partial charge in [-0.05, 0) is 68.9 Å². The number of hydrogen-bond donors (Lipinski definition) is 2. The number of anilines is 1. The molecule has 10 heteroatoms. The number of imide groups is 2. The molecule has 6 rings (SSSR count). The lowest BCUT2D eigenvalue weighted by molar-refractivity contribution is -0.141. The molecule has 2 heterocycles. The van der Waals surface area contributed by atoms with Crippen LogP contribution >= 0.6 is 0 Å². The molecule has 0 unspecified atom stereocenters. The highest BCUT2D eigenvalue weighted by atomic mass is 16.5. The smallest absolute Gasteiger partial charge is 0.303 e. The van der Waals surface area contributed by atoms with Crippen LogP contribution in [-0.4, -0.2) is 58.4 Å².